The molecule has 1 aliphatic heterocycles. The molecule has 152 valence electrons. The molecule has 29 heavy (non-hydrogen) atoms. The van der Waals surface area contributed by atoms with Crippen molar-refractivity contribution in [2.45, 2.75) is 25.9 Å². The monoisotopic (exact) mass is 401 g/mol. The van der Waals surface area contributed by atoms with Crippen molar-refractivity contribution in [3.8, 4) is 0 Å². The number of nitrogens with zero attached hydrogens (tertiary/aromatic N) is 2. The van der Waals surface area contributed by atoms with Gasteiger partial charge in [0.05, 0.1) is 0 Å². The van der Waals surface area contributed by atoms with Crippen LogP contribution in [0.15, 0.2) is 36.4 Å². The number of nitrogens with one attached hydrogen (secondary N) is 1. The largest absolute Gasteiger partial charge is 0.347 e. The van der Waals surface area contributed by atoms with Crippen molar-refractivity contribution in [3.63, 3.8) is 0 Å². The van der Waals surface area contributed by atoms with Gasteiger partial charge in [-0.25, -0.2) is 8.78 Å². The van der Waals surface area contributed by atoms with E-state index in [2.05, 4.69) is 5.32 Å². The number of carbonyl (C=O) groups is 3. The lowest BCUT2D eigenvalue weighted by Crippen LogP contribution is -2.52. The number of amides is 3. The summed E-state index contributed by atoms with van der Waals surface area (Å²) in [4.78, 5) is 39.6. The zero-order valence-corrected chi connectivity index (χ0v) is 16.3. The van der Waals surface area contributed by atoms with Gasteiger partial charge in [0.2, 0.25) is 11.8 Å². The molecule has 0 aliphatic carbocycles. The maximum Gasteiger partial charge on any atom is 0.260 e. The molecule has 3 amide bonds. The van der Waals surface area contributed by atoms with E-state index in [4.69, 9.17) is 0 Å². The average molecular weight is 401 g/mol. The van der Waals surface area contributed by atoms with Gasteiger partial charge in [-0.2, -0.15) is 0 Å². The van der Waals surface area contributed by atoms with Crippen LogP contribution < -0.4 is 5.32 Å². The van der Waals surface area contributed by atoms with Gasteiger partial charge >= 0.3 is 0 Å². The van der Waals surface area contributed by atoms with E-state index in [0.29, 0.717) is 11.3 Å². The Balaban J connectivity index is 2.04. The van der Waals surface area contributed by atoms with Crippen molar-refractivity contribution < 1.29 is 23.2 Å². The van der Waals surface area contributed by atoms with Gasteiger partial charge in [-0.15, -0.1) is 0 Å². The second-order valence-electron chi connectivity index (χ2n) is 7.15. The maximum atomic E-state index is 14.2. The van der Waals surface area contributed by atoms with Gasteiger partial charge in [0.1, 0.15) is 23.2 Å². The summed E-state index contributed by atoms with van der Waals surface area (Å²) in [6, 6.07) is 7.49. The Kier molecular flexibility index (Phi) is 5.63. The molecule has 0 radical (unpaired) electrons. The van der Waals surface area contributed by atoms with Gasteiger partial charge in [-0.05, 0) is 35.4 Å². The van der Waals surface area contributed by atoms with Crippen LogP contribution in [0.2, 0.25) is 0 Å². The lowest BCUT2D eigenvalue weighted by atomic mass is 9.92. The highest BCUT2D eigenvalue weighted by molar-refractivity contribution is 5.98. The molecule has 0 saturated carbocycles. The zero-order chi connectivity index (χ0) is 21.3. The van der Waals surface area contributed by atoms with Crippen molar-refractivity contribution in [3.05, 3.63) is 64.7 Å². The van der Waals surface area contributed by atoms with Crippen LogP contribution in [0.25, 0.3) is 0 Å². The minimum Gasteiger partial charge on any atom is -0.347 e. The second kappa shape index (κ2) is 7.98. The number of fused-ring (bicyclic) bond motifs is 1. The number of anilines is 1. The molecule has 2 aromatic rings. The summed E-state index contributed by atoms with van der Waals surface area (Å²) in [7, 11) is 3.12. The number of hydrogen-bond donors (Lipinski definition) is 1. The Labute approximate surface area is 167 Å². The highest BCUT2D eigenvalue weighted by Crippen LogP contribution is 2.29. The summed E-state index contributed by atoms with van der Waals surface area (Å²) < 4.78 is 28.4. The number of rotatable bonds is 3. The van der Waals surface area contributed by atoms with Crippen LogP contribution >= 0.6 is 0 Å². The molecule has 0 bridgehead atoms. The first kappa shape index (κ1) is 20.4. The van der Waals surface area contributed by atoms with E-state index in [1.54, 1.807) is 32.3 Å². The third-order valence-electron chi connectivity index (χ3n) is 4.82. The summed E-state index contributed by atoms with van der Waals surface area (Å²) in [6.45, 7) is 1.36. The number of likely N-dealkylation sites (N-methyl/N-ethyl adjacent to an activating group) is 1. The number of halogens is 2. The fraction of sp³-hybridized carbons (Fsp3) is 0.286. The third kappa shape index (κ3) is 4.11. The molecular weight excluding hydrogens is 380 g/mol. The first-order chi connectivity index (χ1) is 13.7. The summed E-state index contributed by atoms with van der Waals surface area (Å²) in [5.74, 6) is -3.45. The Bertz CT molecular complexity index is 971. The lowest BCUT2D eigenvalue weighted by Gasteiger charge is -2.37. The molecule has 2 aromatic carbocycles. The third-order valence-corrected chi connectivity index (χ3v) is 4.82. The van der Waals surface area contributed by atoms with Gasteiger partial charge < -0.3 is 15.1 Å². The molecule has 0 fully saturated rings. The van der Waals surface area contributed by atoms with Crippen molar-refractivity contribution in [2.24, 2.45) is 0 Å². The smallest absolute Gasteiger partial charge is 0.260 e. The van der Waals surface area contributed by atoms with Crippen LogP contribution in [0, 0.1) is 11.6 Å². The van der Waals surface area contributed by atoms with E-state index in [-0.39, 0.29) is 24.8 Å². The molecule has 0 saturated heterocycles. The molecule has 0 spiro atoms. The van der Waals surface area contributed by atoms with E-state index in [0.717, 1.165) is 17.7 Å². The van der Waals surface area contributed by atoms with E-state index in [1.807, 2.05) is 0 Å². The van der Waals surface area contributed by atoms with Crippen molar-refractivity contribution in [1.82, 2.24) is 9.80 Å². The summed E-state index contributed by atoms with van der Waals surface area (Å²) >= 11 is 0. The molecule has 1 unspecified atom stereocenters. The minimum absolute atomic E-state index is 0.0143. The SMILES string of the molecule is CC(=O)Nc1ccc2c(c1)CN(C(=O)c1c(F)cccc1F)C(C(=O)N(C)C)C2. The summed E-state index contributed by atoms with van der Waals surface area (Å²) in [6.07, 6.45) is 0.203. The standard InChI is InChI=1S/C21H21F2N3O3/c1-12(27)24-15-8-7-13-10-18(20(28)25(2)3)26(11-14(13)9-15)21(29)19-16(22)5-4-6-17(19)23/h4-9,18H,10-11H2,1-3H3,(H,24,27). The molecule has 1 aliphatic rings. The van der Waals surface area contributed by atoms with Crippen LogP contribution in [-0.4, -0.2) is 47.7 Å². The molecule has 8 heteroatoms. The molecule has 0 aromatic heterocycles. The number of hydrogen-bond acceptors (Lipinski definition) is 3. The van der Waals surface area contributed by atoms with Crippen molar-refractivity contribution in [1.29, 1.82) is 0 Å². The maximum absolute atomic E-state index is 14.2. The fourth-order valence-corrected chi connectivity index (χ4v) is 3.44. The molecular formula is C21H21F2N3O3. The molecule has 1 N–H and O–H groups in total. The predicted octanol–water partition coefficient (Wildman–Crippen LogP) is 2.58. The molecule has 6 nitrogen and oxygen atoms in total. The quantitative estimate of drug-likeness (QED) is 0.860. The van der Waals surface area contributed by atoms with Gasteiger partial charge in [0.15, 0.2) is 0 Å². The Hall–Kier alpha value is -3.29. The summed E-state index contributed by atoms with van der Waals surface area (Å²) in [5, 5.41) is 2.66. The topological polar surface area (TPSA) is 69.7 Å². The van der Waals surface area contributed by atoms with Gasteiger partial charge in [-0.3, -0.25) is 14.4 Å². The van der Waals surface area contributed by atoms with Crippen molar-refractivity contribution in [2.75, 3.05) is 19.4 Å². The lowest BCUT2D eigenvalue weighted by molar-refractivity contribution is -0.134. The van der Waals surface area contributed by atoms with Crippen molar-refractivity contribution >= 4 is 23.4 Å². The highest BCUT2D eigenvalue weighted by Gasteiger charge is 2.37. The Morgan fingerprint density at radius 3 is 2.31 bits per heavy atom. The first-order valence-corrected chi connectivity index (χ1v) is 9.04. The average Bonchev–Trinajstić information content (AvgIpc) is 2.65. The van der Waals surface area contributed by atoms with Crippen LogP contribution in [0.3, 0.4) is 0 Å². The van der Waals surface area contributed by atoms with E-state index in [1.165, 1.54) is 22.8 Å². The summed E-state index contributed by atoms with van der Waals surface area (Å²) in [5.41, 5.74) is 1.38. The van der Waals surface area contributed by atoms with Gasteiger partial charge in [-0.1, -0.05) is 12.1 Å². The Morgan fingerprint density at radius 1 is 1.07 bits per heavy atom. The molecule has 1 heterocycles. The van der Waals surface area contributed by atoms with Gasteiger partial charge in [0.25, 0.3) is 5.91 Å². The van der Waals surface area contributed by atoms with Crippen LogP contribution in [0.1, 0.15) is 28.4 Å². The normalized spacial score (nSPS) is 15.5. The van der Waals surface area contributed by atoms with E-state index >= 15 is 0 Å². The fourth-order valence-electron chi connectivity index (χ4n) is 3.44. The second-order valence-corrected chi connectivity index (χ2v) is 7.15. The number of carbonyl (C=O) groups excluding carboxylic acids is 3. The zero-order valence-electron chi connectivity index (χ0n) is 16.3. The highest BCUT2D eigenvalue weighted by atomic mass is 19.1. The molecule has 3 rings (SSSR count). The minimum atomic E-state index is -0.983. The van der Waals surface area contributed by atoms with Crippen LogP contribution in [0.5, 0.6) is 0 Å². The van der Waals surface area contributed by atoms with Crippen LogP contribution in [0.4, 0.5) is 14.5 Å². The predicted molar refractivity (Wildman–Crippen MR) is 103 cm³/mol. The van der Waals surface area contributed by atoms with Crippen LogP contribution in [-0.2, 0) is 22.6 Å². The van der Waals surface area contributed by atoms with E-state index in [9.17, 15) is 23.2 Å². The number of benzene rings is 2. The first-order valence-electron chi connectivity index (χ1n) is 9.04. The van der Waals surface area contributed by atoms with Gasteiger partial charge in [0, 0.05) is 39.7 Å². The van der Waals surface area contributed by atoms with E-state index < -0.39 is 29.1 Å². The molecule has 1 atom stereocenters. The Morgan fingerprint density at radius 2 is 1.72 bits per heavy atom.